The lowest BCUT2D eigenvalue weighted by atomic mass is 10.1. The molecular formula is C21H25Cl2N3O3S. The van der Waals surface area contributed by atoms with E-state index in [1.807, 2.05) is 24.3 Å². The SMILES string of the molecule is CCN(CC)c1ccc(C(=O)N2CCN(S(=O)(=O)c3c(Cl)cccc3Cl)CC2)cc1. The minimum atomic E-state index is -3.83. The molecule has 0 unspecified atom stereocenters. The average Bonchev–Trinajstić information content (AvgIpc) is 2.74. The molecule has 0 spiro atoms. The second-order valence-corrected chi connectivity index (χ2v) is 9.66. The molecule has 0 saturated carbocycles. The summed E-state index contributed by atoms with van der Waals surface area (Å²) in [6.45, 7) is 6.96. The van der Waals surface area contributed by atoms with E-state index in [1.165, 1.54) is 16.4 Å². The maximum absolute atomic E-state index is 13.0. The van der Waals surface area contributed by atoms with Crippen molar-refractivity contribution in [2.24, 2.45) is 0 Å². The number of halogens is 2. The van der Waals surface area contributed by atoms with Crippen LogP contribution in [0, 0.1) is 0 Å². The van der Waals surface area contributed by atoms with Gasteiger partial charge in [0.25, 0.3) is 5.91 Å². The van der Waals surface area contributed by atoms with E-state index in [1.54, 1.807) is 11.0 Å². The molecule has 9 heteroatoms. The smallest absolute Gasteiger partial charge is 0.253 e. The van der Waals surface area contributed by atoms with Crippen molar-refractivity contribution in [3.05, 3.63) is 58.1 Å². The van der Waals surface area contributed by atoms with Gasteiger partial charge in [-0.3, -0.25) is 4.79 Å². The van der Waals surface area contributed by atoms with Crippen LogP contribution in [0.15, 0.2) is 47.4 Å². The Morgan fingerprint density at radius 3 is 1.97 bits per heavy atom. The van der Waals surface area contributed by atoms with E-state index < -0.39 is 10.0 Å². The van der Waals surface area contributed by atoms with E-state index in [0.29, 0.717) is 18.7 Å². The van der Waals surface area contributed by atoms with Gasteiger partial charge in [-0.15, -0.1) is 0 Å². The van der Waals surface area contributed by atoms with Crippen molar-refractivity contribution in [2.45, 2.75) is 18.7 Å². The number of benzene rings is 2. The van der Waals surface area contributed by atoms with Gasteiger partial charge < -0.3 is 9.80 Å². The Morgan fingerprint density at radius 1 is 0.933 bits per heavy atom. The minimum absolute atomic E-state index is 0.0832. The molecule has 2 aromatic carbocycles. The van der Waals surface area contributed by atoms with Crippen molar-refractivity contribution in [2.75, 3.05) is 44.2 Å². The lowest BCUT2D eigenvalue weighted by Crippen LogP contribution is -2.50. The lowest BCUT2D eigenvalue weighted by molar-refractivity contribution is 0.0698. The third-order valence-corrected chi connectivity index (χ3v) is 8.14. The number of carbonyl (C=O) groups excluding carboxylic acids is 1. The first kappa shape index (κ1) is 22.9. The van der Waals surface area contributed by atoms with Crippen LogP contribution in [-0.4, -0.2) is 62.8 Å². The largest absolute Gasteiger partial charge is 0.372 e. The van der Waals surface area contributed by atoms with Crippen molar-refractivity contribution in [1.29, 1.82) is 0 Å². The van der Waals surface area contributed by atoms with Crippen LogP contribution in [0.3, 0.4) is 0 Å². The fraction of sp³-hybridized carbons (Fsp3) is 0.381. The predicted molar refractivity (Wildman–Crippen MR) is 121 cm³/mol. The van der Waals surface area contributed by atoms with Crippen LogP contribution in [0.25, 0.3) is 0 Å². The van der Waals surface area contributed by atoms with Crippen molar-refractivity contribution in [3.8, 4) is 0 Å². The number of amides is 1. The van der Waals surface area contributed by atoms with E-state index in [-0.39, 0.29) is 33.9 Å². The Balaban J connectivity index is 1.69. The summed E-state index contributed by atoms with van der Waals surface area (Å²) in [7, 11) is -3.83. The van der Waals surface area contributed by atoms with E-state index in [9.17, 15) is 13.2 Å². The van der Waals surface area contributed by atoms with Gasteiger partial charge in [-0.1, -0.05) is 29.3 Å². The van der Waals surface area contributed by atoms with Gasteiger partial charge in [-0.05, 0) is 50.2 Å². The zero-order chi connectivity index (χ0) is 21.9. The molecule has 1 fully saturated rings. The highest BCUT2D eigenvalue weighted by Crippen LogP contribution is 2.32. The van der Waals surface area contributed by atoms with Crippen molar-refractivity contribution in [1.82, 2.24) is 9.21 Å². The van der Waals surface area contributed by atoms with Gasteiger partial charge >= 0.3 is 0 Å². The molecule has 1 amide bonds. The van der Waals surface area contributed by atoms with Gasteiger partial charge in [0.1, 0.15) is 4.90 Å². The molecule has 6 nitrogen and oxygen atoms in total. The van der Waals surface area contributed by atoms with Crippen LogP contribution >= 0.6 is 23.2 Å². The molecule has 0 bridgehead atoms. The molecule has 1 saturated heterocycles. The lowest BCUT2D eigenvalue weighted by Gasteiger charge is -2.34. The van der Waals surface area contributed by atoms with Gasteiger partial charge in [-0.25, -0.2) is 8.42 Å². The van der Waals surface area contributed by atoms with Crippen LogP contribution in [0.5, 0.6) is 0 Å². The van der Waals surface area contributed by atoms with Gasteiger partial charge in [-0.2, -0.15) is 4.31 Å². The summed E-state index contributed by atoms with van der Waals surface area (Å²) in [6, 6.07) is 12.1. The molecule has 0 N–H and O–H groups in total. The molecule has 3 rings (SSSR count). The first-order chi connectivity index (χ1) is 14.3. The highest BCUT2D eigenvalue weighted by Gasteiger charge is 2.33. The number of sulfonamides is 1. The quantitative estimate of drug-likeness (QED) is 0.641. The molecule has 0 aromatic heterocycles. The van der Waals surface area contributed by atoms with Crippen molar-refractivity contribution >= 4 is 44.8 Å². The standard InChI is InChI=1S/C21H25Cl2N3O3S/c1-3-24(4-2)17-10-8-16(9-11-17)21(27)25-12-14-26(15-13-25)30(28,29)20-18(22)6-5-7-19(20)23/h5-11H,3-4,12-15H2,1-2H3. The zero-order valence-corrected chi connectivity index (χ0v) is 19.3. The van der Waals surface area contributed by atoms with Crippen LogP contribution in [0.2, 0.25) is 10.0 Å². The molecular weight excluding hydrogens is 445 g/mol. The number of rotatable bonds is 6. The molecule has 1 aliphatic rings. The highest BCUT2D eigenvalue weighted by atomic mass is 35.5. The molecule has 0 radical (unpaired) electrons. The summed E-state index contributed by atoms with van der Waals surface area (Å²) in [5, 5.41) is 0.184. The zero-order valence-electron chi connectivity index (χ0n) is 17.0. The van der Waals surface area contributed by atoms with Gasteiger partial charge in [0.2, 0.25) is 10.0 Å². The number of hydrogen-bond acceptors (Lipinski definition) is 4. The highest BCUT2D eigenvalue weighted by molar-refractivity contribution is 7.89. The normalized spacial score (nSPS) is 15.3. The topological polar surface area (TPSA) is 60.9 Å². The Labute approximate surface area is 188 Å². The van der Waals surface area contributed by atoms with E-state index >= 15 is 0 Å². The van der Waals surface area contributed by atoms with Crippen molar-refractivity contribution in [3.63, 3.8) is 0 Å². The summed E-state index contributed by atoms with van der Waals surface area (Å²) in [5.41, 5.74) is 1.67. The van der Waals surface area contributed by atoms with Crippen LogP contribution in [0.1, 0.15) is 24.2 Å². The predicted octanol–water partition coefficient (Wildman–Crippen LogP) is 3.99. The second kappa shape index (κ2) is 9.56. The summed E-state index contributed by atoms with van der Waals surface area (Å²) < 4.78 is 27.3. The molecule has 30 heavy (non-hydrogen) atoms. The fourth-order valence-electron chi connectivity index (χ4n) is 3.58. The Bertz CT molecular complexity index is 980. The van der Waals surface area contributed by atoms with Crippen LogP contribution in [0.4, 0.5) is 5.69 Å². The maximum atomic E-state index is 13.0. The molecule has 2 aromatic rings. The van der Waals surface area contributed by atoms with Crippen LogP contribution < -0.4 is 4.90 Å². The molecule has 1 aliphatic heterocycles. The van der Waals surface area contributed by atoms with Crippen molar-refractivity contribution < 1.29 is 13.2 Å². The summed E-state index contributed by atoms with van der Waals surface area (Å²) >= 11 is 12.2. The first-order valence-electron chi connectivity index (χ1n) is 9.88. The van der Waals surface area contributed by atoms with E-state index in [2.05, 4.69) is 18.7 Å². The minimum Gasteiger partial charge on any atom is -0.372 e. The van der Waals surface area contributed by atoms with E-state index in [4.69, 9.17) is 23.2 Å². The summed E-state index contributed by atoms with van der Waals surface area (Å²) in [4.78, 5) is 16.7. The first-order valence-corrected chi connectivity index (χ1v) is 12.1. The molecule has 0 atom stereocenters. The molecule has 162 valence electrons. The number of anilines is 1. The van der Waals surface area contributed by atoms with Crippen LogP contribution in [-0.2, 0) is 10.0 Å². The maximum Gasteiger partial charge on any atom is 0.253 e. The Kier molecular flexibility index (Phi) is 7.29. The third kappa shape index (κ3) is 4.59. The average molecular weight is 470 g/mol. The van der Waals surface area contributed by atoms with Gasteiger partial charge in [0, 0.05) is 50.5 Å². The van der Waals surface area contributed by atoms with E-state index in [0.717, 1.165) is 18.8 Å². The van der Waals surface area contributed by atoms with Gasteiger partial charge in [0.05, 0.1) is 10.0 Å². The summed E-state index contributed by atoms with van der Waals surface area (Å²) in [6.07, 6.45) is 0. The number of nitrogens with zero attached hydrogens (tertiary/aromatic N) is 3. The third-order valence-electron chi connectivity index (χ3n) is 5.29. The Hall–Kier alpha value is -1.80. The fourth-order valence-corrected chi connectivity index (χ4v) is 6.09. The second-order valence-electron chi connectivity index (χ2n) is 6.97. The van der Waals surface area contributed by atoms with Gasteiger partial charge in [0.15, 0.2) is 0 Å². The number of piperazine rings is 1. The monoisotopic (exact) mass is 469 g/mol. The number of hydrogen-bond donors (Lipinski definition) is 0. The molecule has 1 heterocycles. The Morgan fingerprint density at radius 2 is 1.47 bits per heavy atom. The molecule has 0 aliphatic carbocycles. The number of carbonyl (C=O) groups is 1. The summed E-state index contributed by atoms with van der Waals surface area (Å²) in [5.74, 6) is -0.103.